The molecule has 0 spiro atoms. The van der Waals surface area contributed by atoms with E-state index in [1.807, 2.05) is 0 Å². The second-order valence-corrected chi connectivity index (χ2v) is 5.51. The van der Waals surface area contributed by atoms with E-state index in [0.29, 0.717) is 0 Å². The summed E-state index contributed by atoms with van der Waals surface area (Å²) in [4.78, 5) is 46.2. The largest absolute Gasteiger partial charge is 0.481 e. The second kappa shape index (κ2) is 8.23. The summed E-state index contributed by atoms with van der Waals surface area (Å²) in [6.45, 7) is 3.38. The van der Waals surface area contributed by atoms with E-state index in [-0.39, 0.29) is 25.8 Å². The van der Waals surface area contributed by atoms with Gasteiger partial charge in [-0.05, 0) is 5.41 Å². The van der Waals surface area contributed by atoms with E-state index >= 15 is 0 Å². The van der Waals surface area contributed by atoms with Gasteiger partial charge in [-0.15, -0.1) is 0 Å². The van der Waals surface area contributed by atoms with Crippen LogP contribution in [0.3, 0.4) is 0 Å². The van der Waals surface area contributed by atoms with Crippen LogP contribution in [0.4, 0.5) is 4.79 Å². The van der Waals surface area contributed by atoms with Crippen molar-refractivity contribution < 1.29 is 29.0 Å². The van der Waals surface area contributed by atoms with Crippen molar-refractivity contribution in [2.75, 3.05) is 20.7 Å². The molecule has 0 aliphatic rings. The Bertz CT molecular complexity index is 419. The van der Waals surface area contributed by atoms with Crippen LogP contribution in [0.2, 0.25) is 0 Å². The Balaban J connectivity index is 4.28. The Kier molecular flexibility index (Phi) is 7.40. The number of esters is 1. The highest BCUT2D eigenvalue weighted by Gasteiger charge is 2.26. The second-order valence-electron chi connectivity index (χ2n) is 5.51. The maximum atomic E-state index is 11.7. The zero-order valence-electron chi connectivity index (χ0n) is 12.8. The first kappa shape index (κ1) is 18.9. The van der Waals surface area contributed by atoms with Crippen LogP contribution in [0.5, 0.6) is 0 Å². The number of aliphatic carboxylic acids is 1. The van der Waals surface area contributed by atoms with Gasteiger partial charge in [0.05, 0.1) is 20.0 Å². The lowest BCUT2D eigenvalue weighted by atomic mass is 9.85. The molecule has 0 rings (SSSR count). The number of carbonyl (C=O) groups is 4. The predicted molar refractivity (Wildman–Crippen MR) is 73.5 cm³/mol. The van der Waals surface area contributed by atoms with E-state index in [1.54, 1.807) is 13.8 Å². The van der Waals surface area contributed by atoms with Crippen molar-refractivity contribution in [3.05, 3.63) is 0 Å². The number of nitrogens with one attached hydrogen (secondary N) is 1. The van der Waals surface area contributed by atoms with Gasteiger partial charge in [-0.3, -0.25) is 19.7 Å². The SMILES string of the molecule is COC(=O)CCN(C)C(=O)NC(=O)CC(C)(C)CC(=O)O. The molecule has 0 fully saturated rings. The highest BCUT2D eigenvalue weighted by Crippen LogP contribution is 2.24. The molecule has 3 amide bonds. The molecule has 21 heavy (non-hydrogen) atoms. The number of nitrogens with zero attached hydrogens (tertiary/aromatic N) is 1. The smallest absolute Gasteiger partial charge is 0.323 e. The monoisotopic (exact) mass is 302 g/mol. The minimum absolute atomic E-state index is 0.0269. The summed E-state index contributed by atoms with van der Waals surface area (Å²) >= 11 is 0. The predicted octanol–water partition coefficient (Wildman–Crippen LogP) is 0.608. The fraction of sp³-hybridized carbons (Fsp3) is 0.692. The molecule has 8 nitrogen and oxygen atoms in total. The first-order valence-electron chi connectivity index (χ1n) is 6.41. The number of carbonyl (C=O) groups excluding carboxylic acids is 3. The molecule has 0 aromatic carbocycles. The van der Waals surface area contributed by atoms with E-state index in [2.05, 4.69) is 10.1 Å². The maximum absolute atomic E-state index is 11.7. The number of hydrogen-bond acceptors (Lipinski definition) is 5. The number of urea groups is 1. The van der Waals surface area contributed by atoms with Crippen molar-refractivity contribution in [2.24, 2.45) is 5.41 Å². The molecule has 0 aromatic rings. The molecule has 0 saturated heterocycles. The summed E-state index contributed by atoms with van der Waals surface area (Å²) in [6, 6.07) is -0.643. The average molecular weight is 302 g/mol. The summed E-state index contributed by atoms with van der Waals surface area (Å²) in [5.74, 6) is -2.02. The number of methoxy groups -OCH3 is 1. The minimum Gasteiger partial charge on any atom is -0.481 e. The third kappa shape index (κ3) is 8.61. The van der Waals surface area contributed by atoms with Gasteiger partial charge >= 0.3 is 18.0 Å². The van der Waals surface area contributed by atoms with Gasteiger partial charge in [-0.25, -0.2) is 4.79 Å². The Morgan fingerprint density at radius 2 is 1.76 bits per heavy atom. The number of carboxylic acids is 1. The van der Waals surface area contributed by atoms with Gasteiger partial charge in [0.25, 0.3) is 0 Å². The van der Waals surface area contributed by atoms with Crippen LogP contribution in [-0.4, -0.2) is 54.6 Å². The zero-order valence-corrected chi connectivity index (χ0v) is 12.8. The molecule has 0 aliphatic carbocycles. The first-order chi connectivity index (χ1) is 9.57. The van der Waals surface area contributed by atoms with Crippen LogP contribution < -0.4 is 5.32 Å². The van der Waals surface area contributed by atoms with Gasteiger partial charge in [0.15, 0.2) is 0 Å². The highest BCUT2D eigenvalue weighted by molar-refractivity contribution is 5.94. The van der Waals surface area contributed by atoms with E-state index in [1.165, 1.54) is 19.1 Å². The van der Waals surface area contributed by atoms with E-state index in [0.717, 1.165) is 0 Å². The number of rotatable bonds is 7. The quantitative estimate of drug-likeness (QED) is 0.666. The third-order valence-electron chi connectivity index (χ3n) is 2.74. The van der Waals surface area contributed by atoms with Crippen molar-refractivity contribution in [1.82, 2.24) is 10.2 Å². The van der Waals surface area contributed by atoms with E-state index < -0.39 is 29.3 Å². The van der Waals surface area contributed by atoms with Gasteiger partial charge in [0, 0.05) is 20.0 Å². The number of amides is 3. The summed E-state index contributed by atoms with van der Waals surface area (Å²) in [5, 5.41) is 10.9. The lowest BCUT2D eigenvalue weighted by Gasteiger charge is -2.22. The lowest BCUT2D eigenvalue weighted by Crippen LogP contribution is -2.42. The van der Waals surface area contributed by atoms with Crippen molar-refractivity contribution in [3.63, 3.8) is 0 Å². The molecular formula is C13H22N2O6. The minimum atomic E-state index is -1.01. The van der Waals surface area contributed by atoms with Crippen LogP contribution in [-0.2, 0) is 19.1 Å². The van der Waals surface area contributed by atoms with Crippen LogP contribution in [0.1, 0.15) is 33.1 Å². The first-order valence-corrected chi connectivity index (χ1v) is 6.41. The molecule has 120 valence electrons. The van der Waals surface area contributed by atoms with Crippen LogP contribution in [0, 0.1) is 5.41 Å². The number of imide groups is 1. The normalized spacial score (nSPS) is 10.7. The Labute approximate surface area is 123 Å². The number of ether oxygens (including phenoxy) is 1. The summed E-state index contributed by atoms with van der Waals surface area (Å²) in [5.41, 5.74) is -0.749. The summed E-state index contributed by atoms with van der Waals surface area (Å²) in [7, 11) is 2.68. The topological polar surface area (TPSA) is 113 Å². The lowest BCUT2D eigenvalue weighted by molar-refractivity contribution is -0.141. The molecular weight excluding hydrogens is 280 g/mol. The number of carboxylic acid groups (broad SMARTS) is 1. The molecule has 0 saturated carbocycles. The fourth-order valence-electron chi connectivity index (χ4n) is 1.63. The van der Waals surface area contributed by atoms with E-state index in [9.17, 15) is 19.2 Å². The van der Waals surface area contributed by atoms with Crippen LogP contribution in [0.25, 0.3) is 0 Å². The van der Waals surface area contributed by atoms with Gasteiger partial charge in [0.1, 0.15) is 0 Å². The van der Waals surface area contributed by atoms with Crippen LogP contribution in [0.15, 0.2) is 0 Å². The van der Waals surface area contributed by atoms with Gasteiger partial charge in [-0.2, -0.15) is 0 Å². The molecule has 0 heterocycles. The van der Waals surface area contributed by atoms with Crippen molar-refractivity contribution in [1.29, 1.82) is 0 Å². The van der Waals surface area contributed by atoms with Crippen molar-refractivity contribution in [3.8, 4) is 0 Å². The summed E-state index contributed by atoms with van der Waals surface area (Å²) in [6.07, 6.45) is -0.234. The Hall–Kier alpha value is -2.12. The Morgan fingerprint density at radius 1 is 1.19 bits per heavy atom. The molecule has 0 unspecified atom stereocenters. The maximum Gasteiger partial charge on any atom is 0.323 e. The van der Waals surface area contributed by atoms with Crippen molar-refractivity contribution in [2.45, 2.75) is 33.1 Å². The highest BCUT2D eigenvalue weighted by atomic mass is 16.5. The zero-order chi connectivity index (χ0) is 16.6. The molecule has 0 aliphatic heterocycles. The third-order valence-corrected chi connectivity index (χ3v) is 2.74. The van der Waals surface area contributed by atoms with Crippen molar-refractivity contribution >= 4 is 23.9 Å². The molecule has 0 bridgehead atoms. The standard InChI is InChI=1S/C13H22N2O6/c1-13(2,8-10(17)18)7-9(16)14-12(20)15(3)6-5-11(19)21-4/h5-8H2,1-4H3,(H,17,18)(H,14,16,20). The average Bonchev–Trinajstić information content (AvgIpc) is 2.32. The molecule has 0 aromatic heterocycles. The fourth-order valence-corrected chi connectivity index (χ4v) is 1.63. The molecule has 0 atom stereocenters. The van der Waals surface area contributed by atoms with E-state index in [4.69, 9.17) is 5.11 Å². The molecule has 8 heteroatoms. The van der Waals surface area contributed by atoms with Gasteiger partial charge in [0.2, 0.25) is 5.91 Å². The van der Waals surface area contributed by atoms with Gasteiger partial charge in [-0.1, -0.05) is 13.8 Å². The van der Waals surface area contributed by atoms with Gasteiger partial charge < -0.3 is 14.7 Å². The summed E-state index contributed by atoms with van der Waals surface area (Å²) < 4.78 is 4.44. The molecule has 2 N–H and O–H groups in total. The number of hydrogen-bond donors (Lipinski definition) is 2. The Morgan fingerprint density at radius 3 is 2.24 bits per heavy atom. The molecule has 0 radical (unpaired) electrons. The van der Waals surface area contributed by atoms with Crippen LogP contribution >= 0.6 is 0 Å².